The van der Waals surface area contributed by atoms with Gasteiger partial charge in [-0.25, -0.2) is 4.98 Å². The van der Waals surface area contributed by atoms with E-state index in [4.69, 9.17) is 10.5 Å². The summed E-state index contributed by atoms with van der Waals surface area (Å²) in [5.74, 6) is 0.0704. The molecule has 1 unspecified atom stereocenters. The summed E-state index contributed by atoms with van der Waals surface area (Å²) in [7, 11) is 0. The van der Waals surface area contributed by atoms with Gasteiger partial charge in [-0.15, -0.1) is 0 Å². The minimum Gasteiger partial charge on any atom is -0.390 e. The lowest BCUT2D eigenvalue weighted by molar-refractivity contribution is 0.0140. The number of ether oxygens (including phenoxy) is 1. The Bertz CT molecular complexity index is 1170. The molecule has 7 heteroatoms. The van der Waals surface area contributed by atoms with Crippen LogP contribution < -0.4 is 11.1 Å². The Morgan fingerprint density at radius 2 is 1.89 bits per heavy atom. The maximum Gasteiger partial charge on any atom is 0.255 e. The molecule has 37 heavy (non-hydrogen) atoms. The normalized spacial score (nSPS) is 30.5. The molecule has 0 radical (unpaired) electrons. The number of nitrogens with two attached hydrogens (primary N) is 1. The predicted molar refractivity (Wildman–Crippen MR) is 144 cm³/mol. The second kappa shape index (κ2) is 9.68. The number of anilines is 1. The Balaban J connectivity index is 1.18. The number of nitrogens with one attached hydrogen (secondary N) is 1. The summed E-state index contributed by atoms with van der Waals surface area (Å²) >= 11 is 0. The number of rotatable bonds is 4. The SMILES string of the molecule is CC1(O)CCC(NC(=O)c2cc(-c3ccc4c(c3)CCC43CCN(C4CCOCC4)C3)cnc2N)CC1. The molecule has 1 aromatic carbocycles. The molecule has 2 saturated heterocycles. The standard InChI is InChI=1S/C30H40N4O3/c1-29(36)9-5-23(6-10-29)33-28(35)25-17-22(18-32-27(25)31)20-2-3-26-21(16-20)4-11-30(26)12-13-34(19-30)24-7-14-37-15-8-24/h2-3,16-18,23-24,36H,4-15,19H2,1H3,(H2,31,32)(H,33,35). The quantitative estimate of drug-likeness (QED) is 0.585. The zero-order chi connectivity index (χ0) is 25.6. The van der Waals surface area contributed by atoms with Crippen molar-refractivity contribution in [1.29, 1.82) is 0 Å². The summed E-state index contributed by atoms with van der Waals surface area (Å²) in [5, 5.41) is 13.3. The van der Waals surface area contributed by atoms with Crippen molar-refractivity contribution in [3.63, 3.8) is 0 Å². The van der Waals surface area contributed by atoms with Gasteiger partial charge in [-0.2, -0.15) is 0 Å². The molecule has 3 heterocycles. The number of benzene rings is 1. The predicted octanol–water partition coefficient (Wildman–Crippen LogP) is 3.82. The van der Waals surface area contributed by atoms with E-state index in [-0.39, 0.29) is 23.2 Å². The molecule has 6 rings (SSSR count). The Morgan fingerprint density at radius 3 is 2.68 bits per heavy atom. The molecule has 7 nitrogen and oxygen atoms in total. The third-order valence-corrected chi connectivity index (χ3v) is 9.53. The van der Waals surface area contributed by atoms with Gasteiger partial charge in [0, 0.05) is 49.0 Å². The average Bonchev–Trinajstić information content (AvgIpc) is 3.50. The van der Waals surface area contributed by atoms with Crippen LogP contribution >= 0.6 is 0 Å². The zero-order valence-corrected chi connectivity index (χ0v) is 22.0. The fourth-order valence-electron chi connectivity index (χ4n) is 7.16. The highest BCUT2D eigenvalue weighted by molar-refractivity contribution is 5.99. The summed E-state index contributed by atoms with van der Waals surface area (Å²) in [6.07, 6.45) is 10.6. The number of aliphatic hydroxyl groups is 1. The largest absolute Gasteiger partial charge is 0.390 e. The second-order valence-electron chi connectivity index (χ2n) is 12.1. The first kappa shape index (κ1) is 24.8. The fraction of sp³-hybridized carbons (Fsp3) is 0.600. The minimum atomic E-state index is -0.629. The third-order valence-electron chi connectivity index (χ3n) is 9.53. The number of hydrogen-bond acceptors (Lipinski definition) is 6. The van der Waals surface area contributed by atoms with Gasteiger partial charge in [0.2, 0.25) is 0 Å². The highest BCUT2D eigenvalue weighted by Crippen LogP contribution is 2.47. The van der Waals surface area contributed by atoms with Crippen LogP contribution in [0, 0.1) is 0 Å². The summed E-state index contributed by atoms with van der Waals surface area (Å²) in [6.45, 7) is 6.00. The van der Waals surface area contributed by atoms with E-state index in [0.717, 1.165) is 63.0 Å². The van der Waals surface area contributed by atoms with Gasteiger partial charge in [-0.1, -0.05) is 18.2 Å². The summed E-state index contributed by atoms with van der Waals surface area (Å²) in [4.78, 5) is 20.2. The van der Waals surface area contributed by atoms with E-state index in [1.54, 1.807) is 6.20 Å². The topological polar surface area (TPSA) is 101 Å². The number of likely N-dealkylation sites (tertiary alicyclic amines) is 1. The maximum atomic E-state index is 13.1. The molecular formula is C30H40N4O3. The molecule has 2 aliphatic heterocycles. The molecule has 1 amide bonds. The number of aryl methyl sites for hydroxylation is 1. The Hall–Kier alpha value is -2.48. The highest BCUT2D eigenvalue weighted by Gasteiger charge is 2.45. The van der Waals surface area contributed by atoms with Crippen LogP contribution in [0.4, 0.5) is 5.82 Å². The lowest BCUT2D eigenvalue weighted by atomic mass is 9.80. The summed E-state index contributed by atoms with van der Waals surface area (Å²) in [5.41, 5.74) is 11.2. The first-order chi connectivity index (χ1) is 17.8. The van der Waals surface area contributed by atoms with Crippen molar-refractivity contribution in [1.82, 2.24) is 15.2 Å². The van der Waals surface area contributed by atoms with Gasteiger partial charge in [0.15, 0.2) is 0 Å². The van der Waals surface area contributed by atoms with Crippen molar-refractivity contribution in [3.05, 3.63) is 47.2 Å². The molecule has 1 spiro atoms. The zero-order valence-electron chi connectivity index (χ0n) is 22.0. The lowest BCUT2D eigenvalue weighted by Gasteiger charge is -2.33. The number of fused-ring (bicyclic) bond motifs is 2. The maximum absolute atomic E-state index is 13.1. The van der Waals surface area contributed by atoms with E-state index in [1.807, 2.05) is 13.0 Å². The number of nitrogen functional groups attached to an aromatic ring is 1. The van der Waals surface area contributed by atoms with Crippen LogP contribution in [-0.4, -0.2) is 64.9 Å². The molecule has 4 aliphatic rings. The van der Waals surface area contributed by atoms with Crippen molar-refractivity contribution in [3.8, 4) is 11.1 Å². The average molecular weight is 505 g/mol. The van der Waals surface area contributed by atoms with Crippen molar-refractivity contribution >= 4 is 11.7 Å². The van der Waals surface area contributed by atoms with Crippen LogP contribution in [0.2, 0.25) is 0 Å². The molecule has 1 atom stereocenters. The molecule has 2 aliphatic carbocycles. The van der Waals surface area contributed by atoms with E-state index in [1.165, 1.54) is 30.5 Å². The number of aromatic nitrogens is 1. The minimum absolute atomic E-state index is 0.0547. The molecule has 3 fully saturated rings. The van der Waals surface area contributed by atoms with Crippen LogP contribution in [-0.2, 0) is 16.6 Å². The third kappa shape index (κ3) is 4.89. The number of amides is 1. The van der Waals surface area contributed by atoms with Crippen molar-refractivity contribution in [2.24, 2.45) is 0 Å². The molecule has 1 saturated carbocycles. The number of pyridine rings is 1. The van der Waals surface area contributed by atoms with Gasteiger partial charge in [-0.3, -0.25) is 9.69 Å². The van der Waals surface area contributed by atoms with Crippen LogP contribution in [0.3, 0.4) is 0 Å². The van der Waals surface area contributed by atoms with Crippen LogP contribution in [0.25, 0.3) is 11.1 Å². The van der Waals surface area contributed by atoms with Gasteiger partial charge >= 0.3 is 0 Å². The van der Waals surface area contributed by atoms with E-state index in [2.05, 4.69) is 33.4 Å². The number of nitrogens with zero attached hydrogens (tertiary/aromatic N) is 2. The molecule has 198 valence electrons. The Labute approximate surface area is 219 Å². The first-order valence-electron chi connectivity index (χ1n) is 14.1. The molecular weight excluding hydrogens is 464 g/mol. The lowest BCUT2D eigenvalue weighted by Crippen LogP contribution is -2.42. The summed E-state index contributed by atoms with van der Waals surface area (Å²) < 4.78 is 5.59. The van der Waals surface area contributed by atoms with Gasteiger partial charge in [0.1, 0.15) is 5.82 Å². The number of carbonyl (C=O) groups is 1. The summed E-state index contributed by atoms with van der Waals surface area (Å²) in [6, 6.07) is 9.43. The van der Waals surface area contributed by atoms with Gasteiger partial charge in [-0.05, 0) is 94.0 Å². The monoisotopic (exact) mass is 504 g/mol. The molecule has 4 N–H and O–H groups in total. The van der Waals surface area contributed by atoms with E-state index in [9.17, 15) is 9.90 Å². The smallest absolute Gasteiger partial charge is 0.255 e. The van der Waals surface area contributed by atoms with E-state index in [0.29, 0.717) is 24.4 Å². The van der Waals surface area contributed by atoms with Crippen LogP contribution in [0.5, 0.6) is 0 Å². The Morgan fingerprint density at radius 1 is 1.11 bits per heavy atom. The fourth-order valence-corrected chi connectivity index (χ4v) is 7.16. The van der Waals surface area contributed by atoms with Crippen molar-refractivity contribution < 1.29 is 14.6 Å². The first-order valence-corrected chi connectivity index (χ1v) is 14.1. The van der Waals surface area contributed by atoms with E-state index < -0.39 is 5.60 Å². The van der Waals surface area contributed by atoms with Gasteiger partial charge in [0.25, 0.3) is 5.91 Å². The van der Waals surface area contributed by atoms with Gasteiger partial charge < -0.3 is 20.9 Å². The number of hydrogen-bond donors (Lipinski definition) is 3. The second-order valence-corrected chi connectivity index (χ2v) is 12.1. The van der Waals surface area contributed by atoms with E-state index >= 15 is 0 Å². The van der Waals surface area contributed by atoms with Crippen molar-refractivity contribution in [2.45, 2.75) is 87.8 Å². The Kier molecular flexibility index (Phi) is 6.50. The van der Waals surface area contributed by atoms with Gasteiger partial charge in [0.05, 0.1) is 11.2 Å². The van der Waals surface area contributed by atoms with Crippen LogP contribution in [0.1, 0.15) is 79.8 Å². The van der Waals surface area contributed by atoms with Crippen molar-refractivity contribution in [2.75, 3.05) is 32.0 Å². The van der Waals surface area contributed by atoms with Crippen LogP contribution in [0.15, 0.2) is 30.5 Å². The molecule has 1 aromatic heterocycles. The highest BCUT2D eigenvalue weighted by atomic mass is 16.5. The number of carbonyl (C=O) groups excluding carboxylic acids is 1. The molecule has 0 bridgehead atoms. The molecule has 2 aromatic rings.